The summed E-state index contributed by atoms with van der Waals surface area (Å²) < 4.78 is 13.8. The molecule has 0 saturated heterocycles. The van der Waals surface area contributed by atoms with Crippen LogP contribution in [-0.2, 0) is 7.86 Å². The van der Waals surface area contributed by atoms with Gasteiger partial charge in [-0.1, -0.05) is 0 Å². The van der Waals surface area contributed by atoms with E-state index in [9.17, 15) is 7.86 Å². The summed E-state index contributed by atoms with van der Waals surface area (Å²) >= 11 is -2.69. The predicted molar refractivity (Wildman–Crippen MR) is 38.4 cm³/mol. The summed E-state index contributed by atoms with van der Waals surface area (Å²) in [6.07, 6.45) is 0. The molecule has 4 heteroatoms. The van der Waals surface area contributed by atoms with Gasteiger partial charge in [0.05, 0.1) is 0 Å². The van der Waals surface area contributed by atoms with Gasteiger partial charge >= 0.3 is 0 Å². The van der Waals surface area contributed by atoms with Crippen LogP contribution in [0.5, 0.6) is 0 Å². The van der Waals surface area contributed by atoms with E-state index in [1.165, 1.54) is 6.92 Å². The van der Waals surface area contributed by atoms with Crippen molar-refractivity contribution in [1.82, 2.24) is 0 Å². The Bertz CT molecular complexity index is 157. The van der Waals surface area contributed by atoms with Crippen LogP contribution in [0, 0.1) is 0 Å². The summed E-state index contributed by atoms with van der Waals surface area (Å²) in [6.45, 7) is 3.58. The number of nitrogens with zero attached hydrogens (tertiary/aromatic N) is 1. The minimum Gasteiger partial charge on any atom is -0.284 e. The first-order valence-electron chi connectivity index (χ1n) is 2.24. The molecule has 0 aliphatic carbocycles. The van der Waals surface area contributed by atoms with Gasteiger partial charge in [0.15, 0.2) is 0 Å². The van der Waals surface area contributed by atoms with Gasteiger partial charge in [0, 0.05) is 13.5 Å². The zero-order chi connectivity index (χ0) is 6.57. The number of carbonyl (C=O) groups is 1. The average Bonchev–Trinajstić information content (AvgIpc) is 1.67. The molecule has 0 bridgehead atoms. The Kier molecular flexibility index (Phi) is 3.94. The summed E-state index contributed by atoms with van der Waals surface area (Å²) in [6, 6.07) is 0. The Labute approximate surface area is 55.1 Å². The molecule has 0 rings (SSSR count). The molecule has 0 fully saturated rings. The average molecular weight is 229 g/mol. The van der Waals surface area contributed by atoms with E-state index >= 15 is 0 Å². The van der Waals surface area contributed by atoms with Gasteiger partial charge in [-0.15, -0.1) is 0 Å². The molecule has 0 aliphatic heterocycles. The first kappa shape index (κ1) is 8.00. The number of halogens is 1. The molecule has 48 valence electrons. The zero-order valence-electron chi connectivity index (χ0n) is 4.85. The molecule has 0 aromatic heterocycles. The van der Waals surface area contributed by atoms with Gasteiger partial charge < -0.3 is 0 Å². The van der Waals surface area contributed by atoms with E-state index in [0.29, 0.717) is 6.54 Å². The van der Waals surface area contributed by atoms with Crippen LogP contribution < -0.4 is 0 Å². The molecule has 3 nitrogen and oxygen atoms in total. The zero-order valence-corrected chi connectivity index (χ0v) is 7.01. The minimum atomic E-state index is -2.69. The SMILES string of the molecule is CCN=I(=O)C(C)=O. The fraction of sp³-hybridized carbons (Fsp3) is 0.750. The van der Waals surface area contributed by atoms with Crippen LogP contribution in [-0.4, -0.2) is 10.3 Å². The van der Waals surface area contributed by atoms with Crippen LogP contribution in [0.15, 0.2) is 3.15 Å². The van der Waals surface area contributed by atoms with Crippen LogP contribution >= 0.6 is 19.6 Å². The third-order valence-electron chi connectivity index (χ3n) is 0.456. The van der Waals surface area contributed by atoms with Crippen LogP contribution in [0.2, 0.25) is 0 Å². The highest BCUT2D eigenvalue weighted by atomic mass is 127. The Morgan fingerprint density at radius 1 is 1.75 bits per heavy atom. The quantitative estimate of drug-likeness (QED) is 0.533. The maximum atomic E-state index is 10.5. The second kappa shape index (κ2) is 3.94. The van der Waals surface area contributed by atoms with Crippen molar-refractivity contribution in [2.45, 2.75) is 13.8 Å². The lowest BCUT2D eigenvalue weighted by Crippen LogP contribution is -1.72. The third kappa shape index (κ3) is 3.06. The predicted octanol–water partition coefficient (Wildman–Crippen LogP) is 1.59. The standard InChI is InChI=1S/C4H8INO2/c1-3-6-5(8)4(2)7/h3H2,1-2H3. The third-order valence-corrected chi connectivity index (χ3v) is 3.06. The Hall–Kier alpha value is 0. The fourth-order valence-corrected chi connectivity index (χ4v) is 1.29. The summed E-state index contributed by atoms with van der Waals surface area (Å²) in [7, 11) is 0. The second-order valence-corrected chi connectivity index (χ2v) is 4.65. The molecule has 0 atom stereocenters. The van der Waals surface area contributed by atoms with Gasteiger partial charge in [0.25, 0.3) is 0 Å². The summed E-state index contributed by atoms with van der Waals surface area (Å²) in [5.41, 5.74) is 0. The lowest BCUT2D eigenvalue weighted by atomic mass is 10.8. The van der Waals surface area contributed by atoms with Crippen LogP contribution in [0.3, 0.4) is 0 Å². The highest BCUT2D eigenvalue weighted by molar-refractivity contribution is 14.2. The normalized spacial score (nSPS) is 13.8. The molecule has 8 heavy (non-hydrogen) atoms. The molecule has 0 aliphatic rings. The maximum absolute atomic E-state index is 10.5. The van der Waals surface area contributed by atoms with Crippen molar-refractivity contribution in [1.29, 1.82) is 0 Å². The molecular weight excluding hydrogens is 221 g/mol. The van der Waals surface area contributed by atoms with E-state index in [4.69, 9.17) is 0 Å². The van der Waals surface area contributed by atoms with E-state index in [2.05, 4.69) is 3.15 Å². The molecule has 0 radical (unpaired) electrons. The smallest absolute Gasteiger partial charge is 0.249 e. The Balaban J connectivity index is 4.02. The van der Waals surface area contributed by atoms with Crippen molar-refractivity contribution in [3.63, 3.8) is 0 Å². The van der Waals surface area contributed by atoms with Crippen molar-refractivity contribution in [2.24, 2.45) is 3.15 Å². The van der Waals surface area contributed by atoms with Crippen molar-refractivity contribution >= 4 is 23.4 Å². The van der Waals surface area contributed by atoms with Crippen LogP contribution in [0.1, 0.15) is 13.8 Å². The molecular formula is C4H8INO2. The van der Waals surface area contributed by atoms with Gasteiger partial charge in [0.1, 0.15) is 0 Å². The van der Waals surface area contributed by atoms with Crippen molar-refractivity contribution in [3.05, 3.63) is 0 Å². The Morgan fingerprint density at radius 3 is 2.38 bits per heavy atom. The highest BCUT2D eigenvalue weighted by Gasteiger charge is 1.92. The topological polar surface area (TPSA) is 46.5 Å². The largest absolute Gasteiger partial charge is 0.284 e. The van der Waals surface area contributed by atoms with Gasteiger partial charge in [-0.2, -0.15) is 0 Å². The molecule has 0 amide bonds. The summed E-state index contributed by atoms with van der Waals surface area (Å²) in [5, 5.41) is 0. The van der Waals surface area contributed by atoms with E-state index in [1.807, 2.05) is 0 Å². The van der Waals surface area contributed by atoms with E-state index < -0.39 is 19.6 Å². The number of carbonyl (C=O) groups excluding carboxylic acids is 1. The summed E-state index contributed by atoms with van der Waals surface area (Å²) in [4.78, 5) is 10.2. The minimum absolute atomic E-state index is 0.254. The van der Waals surface area contributed by atoms with Crippen LogP contribution in [0.25, 0.3) is 0 Å². The van der Waals surface area contributed by atoms with Crippen molar-refractivity contribution in [3.8, 4) is 0 Å². The van der Waals surface area contributed by atoms with E-state index in [-0.39, 0.29) is 3.79 Å². The van der Waals surface area contributed by atoms with Crippen LogP contribution in [0.4, 0.5) is 0 Å². The number of rotatable bonds is 2. The van der Waals surface area contributed by atoms with Gasteiger partial charge in [-0.05, 0) is 6.92 Å². The highest BCUT2D eigenvalue weighted by Crippen LogP contribution is 2.10. The molecule has 0 N–H and O–H groups in total. The molecule has 0 aromatic rings. The lowest BCUT2D eigenvalue weighted by Gasteiger charge is -1.75. The Morgan fingerprint density at radius 2 is 2.25 bits per heavy atom. The van der Waals surface area contributed by atoms with E-state index in [1.54, 1.807) is 6.92 Å². The van der Waals surface area contributed by atoms with Gasteiger partial charge in [-0.25, -0.2) is 3.15 Å². The molecule has 0 heterocycles. The number of hydrogen-bond donors (Lipinski definition) is 0. The number of hydrogen-bond acceptors (Lipinski definition) is 3. The fourth-order valence-electron chi connectivity index (χ4n) is 0.193. The second-order valence-electron chi connectivity index (χ2n) is 1.14. The molecule has 0 unspecified atom stereocenters. The lowest BCUT2D eigenvalue weighted by molar-refractivity contribution is -0.107. The van der Waals surface area contributed by atoms with Crippen molar-refractivity contribution in [2.75, 3.05) is 6.54 Å². The van der Waals surface area contributed by atoms with Gasteiger partial charge in [-0.3, -0.25) is 7.86 Å². The van der Waals surface area contributed by atoms with Gasteiger partial charge in [0.2, 0.25) is 23.4 Å². The summed E-state index contributed by atoms with van der Waals surface area (Å²) in [5.74, 6) is 0. The molecule has 0 saturated carbocycles. The molecule has 0 aromatic carbocycles. The monoisotopic (exact) mass is 229 g/mol. The van der Waals surface area contributed by atoms with E-state index in [0.717, 1.165) is 0 Å². The van der Waals surface area contributed by atoms with Crippen molar-refractivity contribution < 1.29 is 7.86 Å². The molecule has 0 spiro atoms. The first-order chi connectivity index (χ1) is 3.68. The maximum Gasteiger partial charge on any atom is 0.249 e. The first-order valence-corrected chi connectivity index (χ1v) is 5.16.